The minimum Gasteiger partial charge on any atom is -0.135 e. The van der Waals surface area contributed by atoms with Crippen LogP contribution in [-0.4, -0.2) is 5.75 Å². The Morgan fingerprint density at radius 2 is 1.24 bits per heavy atom. The van der Waals surface area contributed by atoms with E-state index in [4.69, 9.17) is 0 Å². The summed E-state index contributed by atoms with van der Waals surface area (Å²) in [4.78, 5) is 1.37. The highest BCUT2D eigenvalue weighted by molar-refractivity contribution is 7.99. The smallest absolute Gasteiger partial charge is 0.0560 e. The van der Waals surface area contributed by atoms with Gasteiger partial charge in [-0.1, -0.05) is 158 Å². The molecule has 2 heterocycles. The fourth-order valence-corrected chi connectivity index (χ4v) is 9.96. The summed E-state index contributed by atoms with van der Waals surface area (Å²) in [6.45, 7) is 8.04. The third-order valence-electron chi connectivity index (χ3n) is 9.55. The zero-order valence-corrected chi connectivity index (χ0v) is 30.0. The normalized spacial score (nSPS) is 16.7. The quantitative estimate of drug-likeness (QED) is 0.129. The van der Waals surface area contributed by atoms with E-state index in [0.717, 1.165) is 12.2 Å². The predicted octanol–water partition coefficient (Wildman–Crippen LogP) is 13.7. The number of rotatable bonds is 5. The highest BCUT2D eigenvalue weighted by Crippen LogP contribution is 2.57. The highest BCUT2D eigenvalue weighted by Gasteiger charge is 2.47. The van der Waals surface area contributed by atoms with Gasteiger partial charge in [0.25, 0.3) is 0 Å². The van der Waals surface area contributed by atoms with Crippen LogP contribution in [0.1, 0.15) is 29.2 Å². The molecule has 0 fully saturated rings. The molecule has 8 rings (SSSR count). The maximum absolute atomic E-state index is 3.00. The molecule has 50 heavy (non-hydrogen) atoms. The van der Waals surface area contributed by atoms with Gasteiger partial charge in [0.05, 0.1) is 5.41 Å². The first kappa shape index (κ1) is 33.4. The van der Waals surface area contributed by atoms with Crippen LogP contribution < -0.4 is 0 Å². The van der Waals surface area contributed by atoms with Crippen molar-refractivity contribution in [3.8, 4) is 11.1 Å². The maximum atomic E-state index is 3.00. The van der Waals surface area contributed by atoms with Gasteiger partial charge in [-0.3, -0.25) is 0 Å². The Morgan fingerprint density at radius 3 is 2.00 bits per heavy atom. The Hall–Kier alpha value is -5.15. The lowest BCUT2D eigenvalue weighted by Gasteiger charge is -2.38. The molecule has 0 bridgehead atoms. The van der Waals surface area contributed by atoms with E-state index in [9.17, 15) is 0 Å². The Morgan fingerprint density at radius 1 is 0.620 bits per heavy atom. The molecule has 0 atom stereocenters. The number of thioether (sulfide) groups is 1. The molecule has 1 aromatic heterocycles. The molecule has 1 spiro atoms. The monoisotopic (exact) mass is 680 g/mol. The SMILES string of the molecule is C/C=C/C=C\C=C/C=C/C=C1\C(=C/c2cccc3c2sc2ccccc23)Cc2ccccc2SCC12c1ccccc1-c1ccccc12.C=C. The minimum absolute atomic E-state index is 0.314. The molecule has 6 aromatic rings. The average molecular weight is 681 g/mol. The van der Waals surface area contributed by atoms with Crippen LogP contribution in [0.25, 0.3) is 37.4 Å². The zero-order chi connectivity index (χ0) is 34.3. The van der Waals surface area contributed by atoms with E-state index in [-0.39, 0.29) is 5.41 Å². The lowest BCUT2D eigenvalue weighted by atomic mass is 9.69. The van der Waals surface area contributed by atoms with Crippen molar-refractivity contribution in [2.45, 2.75) is 23.7 Å². The molecule has 2 heteroatoms. The first-order valence-corrected chi connectivity index (χ1v) is 18.9. The van der Waals surface area contributed by atoms with Crippen LogP contribution in [0, 0.1) is 0 Å². The van der Waals surface area contributed by atoms with Crippen molar-refractivity contribution < 1.29 is 0 Å². The van der Waals surface area contributed by atoms with E-state index in [0.29, 0.717) is 0 Å². The van der Waals surface area contributed by atoms with Crippen LogP contribution >= 0.6 is 23.1 Å². The van der Waals surface area contributed by atoms with Crippen molar-refractivity contribution in [2.75, 3.05) is 5.75 Å². The van der Waals surface area contributed by atoms with Gasteiger partial charge in [-0.2, -0.15) is 0 Å². The second kappa shape index (κ2) is 15.2. The Kier molecular flexibility index (Phi) is 10.1. The molecule has 0 radical (unpaired) electrons. The van der Waals surface area contributed by atoms with E-state index in [1.165, 1.54) is 69.6 Å². The van der Waals surface area contributed by atoms with Crippen LogP contribution in [0.15, 0.2) is 199 Å². The second-order valence-corrected chi connectivity index (χ2v) is 14.4. The molecule has 0 N–H and O–H groups in total. The van der Waals surface area contributed by atoms with Crippen LogP contribution in [0.4, 0.5) is 0 Å². The molecule has 244 valence electrons. The number of benzene rings is 5. The van der Waals surface area contributed by atoms with Gasteiger partial charge in [0.1, 0.15) is 0 Å². The number of allylic oxidation sites excluding steroid dienone is 11. The summed E-state index contributed by atoms with van der Waals surface area (Å²) < 4.78 is 2.68. The summed E-state index contributed by atoms with van der Waals surface area (Å²) in [7, 11) is 0. The average Bonchev–Trinajstić information content (AvgIpc) is 3.69. The summed E-state index contributed by atoms with van der Waals surface area (Å²) in [5.41, 5.74) is 10.6. The lowest BCUT2D eigenvalue weighted by Crippen LogP contribution is -2.33. The number of hydrogen-bond donors (Lipinski definition) is 0. The maximum Gasteiger partial charge on any atom is 0.0560 e. The van der Waals surface area contributed by atoms with Crippen LogP contribution in [-0.2, 0) is 11.8 Å². The van der Waals surface area contributed by atoms with E-state index < -0.39 is 0 Å². The molecule has 1 aliphatic carbocycles. The van der Waals surface area contributed by atoms with Crippen LogP contribution in [0.5, 0.6) is 0 Å². The Labute approximate surface area is 304 Å². The van der Waals surface area contributed by atoms with E-state index in [1.807, 2.05) is 42.2 Å². The summed E-state index contributed by atoms with van der Waals surface area (Å²) in [5.74, 6) is 0.921. The molecular weight excluding hydrogens is 641 g/mol. The van der Waals surface area contributed by atoms with Crippen molar-refractivity contribution in [1.29, 1.82) is 0 Å². The number of hydrogen-bond acceptors (Lipinski definition) is 2. The Bertz CT molecular complexity index is 2310. The van der Waals surface area contributed by atoms with Gasteiger partial charge in [0.2, 0.25) is 0 Å². The molecule has 1 aliphatic heterocycles. The van der Waals surface area contributed by atoms with Gasteiger partial charge in [-0.25, -0.2) is 0 Å². The van der Waals surface area contributed by atoms with E-state index in [1.54, 1.807) is 0 Å². The molecule has 0 saturated heterocycles. The summed E-state index contributed by atoms with van der Waals surface area (Å²) in [6, 6.07) is 42.8. The highest BCUT2D eigenvalue weighted by atomic mass is 32.2. The molecular formula is C48H40S2. The second-order valence-electron chi connectivity index (χ2n) is 12.3. The minimum atomic E-state index is -0.314. The summed E-state index contributed by atoms with van der Waals surface area (Å²) in [6.07, 6.45) is 22.6. The molecule has 5 aromatic carbocycles. The topological polar surface area (TPSA) is 0 Å². The fourth-order valence-electron chi connectivity index (χ4n) is 7.43. The molecule has 0 unspecified atom stereocenters. The van der Waals surface area contributed by atoms with Crippen LogP contribution in [0.2, 0.25) is 0 Å². The Balaban J connectivity index is 0.00000193. The van der Waals surface area contributed by atoms with Crippen molar-refractivity contribution in [3.63, 3.8) is 0 Å². The molecule has 2 aliphatic rings. The standard InChI is InChI=1S/C46H36S2.C2H4/c1-2-3-4-5-6-7-8-9-25-40-35(31-34-20-18-24-39-38-23-13-17-29-44(38)48-45(34)39)30-33-19-10-16-28-43(33)47-32-46(40)41-26-14-11-21-36(41)37-22-12-15-27-42(37)46;1-2/h2-29,31H,30,32H2,1H3;1-2H2/b3-2+,5-4-,7-6-,9-8+,35-31-,40-25+;. The predicted molar refractivity (Wildman–Crippen MR) is 222 cm³/mol. The van der Waals surface area contributed by atoms with Gasteiger partial charge in [-0.15, -0.1) is 36.3 Å². The summed E-state index contributed by atoms with van der Waals surface area (Å²) >= 11 is 3.90. The van der Waals surface area contributed by atoms with Gasteiger partial charge in [0.15, 0.2) is 0 Å². The lowest BCUT2D eigenvalue weighted by molar-refractivity contribution is 0.705. The van der Waals surface area contributed by atoms with E-state index in [2.05, 4.69) is 177 Å². The molecule has 0 nitrogen and oxygen atoms in total. The van der Waals surface area contributed by atoms with Crippen LogP contribution in [0.3, 0.4) is 0 Å². The van der Waals surface area contributed by atoms with Gasteiger partial charge >= 0.3 is 0 Å². The van der Waals surface area contributed by atoms with Gasteiger partial charge in [-0.05, 0) is 76.1 Å². The third-order valence-corrected chi connectivity index (χ3v) is 12.1. The van der Waals surface area contributed by atoms with Crippen molar-refractivity contribution in [1.82, 2.24) is 0 Å². The third kappa shape index (κ3) is 6.11. The van der Waals surface area contributed by atoms with Crippen molar-refractivity contribution in [3.05, 3.63) is 217 Å². The molecule has 0 saturated carbocycles. The fraction of sp³-hybridized carbons (Fsp3) is 0.0833. The van der Waals surface area contributed by atoms with E-state index >= 15 is 0 Å². The summed E-state index contributed by atoms with van der Waals surface area (Å²) in [5, 5.41) is 2.67. The first-order valence-electron chi connectivity index (χ1n) is 17.1. The van der Waals surface area contributed by atoms with Crippen molar-refractivity contribution in [2.24, 2.45) is 0 Å². The largest absolute Gasteiger partial charge is 0.135 e. The van der Waals surface area contributed by atoms with Gasteiger partial charge in [0, 0.05) is 30.8 Å². The number of fused-ring (bicyclic) bond motifs is 9. The number of thiophene rings is 1. The first-order chi connectivity index (χ1) is 24.8. The molecule has 0 amide bonds. The zero-order valence-electron chi connectivity index (χ0n) is 28.4. The van der Waals surface area contributed by atoms with Gasteiger partial charge < -0.3 is 0 Å². The van der Waals surface area contributed by atoms with Crippen molar-refractivity contribution >= 4 is 49.3 Å².